The molecule has 1 fully saturated rings. The van der Waals surface area contributed by atoms with E-state index < -0.39 is 0 Å². The summed E-state index contributed by atoms with van der Waals surface area (Å²) in [5.74, 6) is 0. The van der Waals surface area contributed by atoms with Gasteiger partial charge in [-0.3, -0.25) is 4.90 Å². The largest absolute Gasteiger partial charge is 0.295 e. The van der Waals surface area contributed by atoms with Gasteiger partial charge in [-0.2, -0.15) is 0 Å². The van der Waals surface area contributed by atoms with Crippen LogP contribution in [0.5, 0.6) is 0 Å². The fourth-order valence-corrected chi connectivity index (χ4v) is 3.77. The summed E-state index contributed by atoms with van der Waals surface area (Å²) in [6.45, 7) is 2.36. The summed E-state index contributed by atoms with van der Waals surface area (Å²) in [4.78, 5) is 4.14. The van der Waals surface area contributed by atoms with Crippen molar-refractivity contribution in [2.24, 2.45) is 0 Å². The molecule has 2 rings (SSSR count). The van der Waals surface area contributed by atoms with E-state index in [0.717, 1.165) is 17.9 Å². The molecule has 16 heavy (non-hydrogen) atoms. The van der Waals surface area contributed by atoms with E-state index in [1.807, 2.05) is 11.3 Å². The first kappa shape index (κ1) is 13.1. The Bertz CT molecular complexity index is 323. The zero-order chi connectivity index (χ0) is 11.4. The van der Waals surface area contributed by atoms with Crippen molar-refractivity contribution in [3.05, 3.63) is 20.8 Å². The van der Waals surface area contributed by atoms with Gasteiger partial charge in [-0.25, -0.2) is 0 Å². The summed E-state index contributed by atoms with van der Waals surface area (Å²) < 4.78 is 1.22. The highest BCUT2D eigenvalue weighted by Gasteiger charge is 2.24. The molecule has 0 atom stereocenters. The van der Waals surface area contributed by atoms with E-state index in [9.17, 15) is 0 Å². The molecule has 0 aliphatic heterocycles. The summed E-state index contributed by atoms with van der Waals surface area (Å²) in [5, 5.41) is 3.29. The van der Waals surface area contributed by atoms with E-state index in [2.05, 4.69) is 48.2 Å². The third-order valence-electron chi connectivity index (χ3n) is 3.15. The number of hydrogen-bond donors (Lipinski definition) is 0. The van der Waals surface area contributed by atoms with Gasteiger partial charge >= 0.3 is 0 Å². The van der Waals surface area contributed by atoms with Crippen LogP contribution in [0.3, 0.4) is 0 Å². The molecule has 1 aliphatic rings. The van der Waals surface area contributed by atoms with Gasteiger partial charge in [0.15, 0.2) is 0 Å². The van der Waals surface area contributed by atoms with Crippen molar-refractivity contribution in [2.45, 2.75) is 38.3 Å². The molecule has 0 unspecified atom stereocenters. The molecular formula is C12H17Br2NS. The first-order chi connectivity index (χ1) is 7.79. The van der Waals surface area contributed by atoms with Crippen LogP contribution in [-0.4, -0.2) is 22.8 Å². The van der Waals surface area contributed by atoms with E-state index in [-0.39, 0.29) is 0 Å². The molecule has 1 saturated carbocycles. The first-order valence-electron chi connectivity index (χ1n) is 5.82. The van der Waals surface area contributed by atoms with Crippen molar-refractivity contribution in [1.82, 2.24) is 4.90 Å². The van der Waals surface area contributed by atoms with Crippen LogP contribution in [0.25, 0.3) is 0 Å². The lowest BCUT2D eigenvalue weighted by molar-refractivity contribution is 0.121. The number of thiophene rings is 1. The van der Waals surface area contributed by atoms with E-state index in [0.29, 0.717) is 0 Å². The van der Waals surface area contributed by atoms with Crippen LogP contribution in [0.15, 0.2) is 15.9 Å². The summed E-state index contributed by atoms with van der Waals surface area (Å²) >= 11 is 8.92. The van der Waals surface area contributed by atoms with Crippen LogP contribution in [0, 0.1) is 0 Å². The molecule has 1 aliphatic carbocycles. The van der Waals surface area contributed by atoms with Crippen molar-refractivity contribution < 1.29 is 0 Å². The molecule has 0 aromatic carbocycles. The van der Waals surface area contributed by atoms with Crippen molar-refractivity contribution in [3.8, 4) is 0 Å². The first-order valence-corrected chi connectivity index (χ1v) is 8.62. The Labute approximate surface area is 118 Å². The zero-order valence-corrected chi connectivity index (χ0v) is 13.3. The van der Waals surface area contributed by atoms with Crippen LogP contribution in [0.2, 0.25) is 0 Å². The number of alkyl halides is 1. The topological polar surface area (TPSA) is 3.24 Å². The van der Waals surface area contributed by atoms with E-state index >= 15 is 0 Å². The SMILES string of the molecule is BrCCCN(Cc1cc(Br)cs1)C1CCC1. The molecule has 1 aromatic heterocycles. The maximum atomic E-state index is 3.53. The lowest BCUT2D eigenvalue weighted by Gasteiger charge is -2.37. The van der Waals surface area contributed by atoms with Gasteiger partial charge in [0.2, 0.25) is 0 Å². The van der Waals surface area contributed by atoms with Gasteiger partial charge in [0.25, 0.3) is 0 Å². The molecule has 1 aromatic rings. The second kappa shape index (κ2) is 6.53. The Morgan fingerprint density at radius 3 is 2.75 bits per heavy atom. The third-order valence-corrected chi connectivity index (χ3v) is 5.39. The molecule has 4 heteroatoms. The Morgan fingerprint density at radius 1 is 1.44 bits per heavy atom. The molecule has 0 saturated heterocycles. The average Bonchev–Trinajstić information content (AvgIpc) is 2.58. The van der Waals surface area contributed by atoms with Crippen LogP contribution in [0.1, 0.15) is 30.6 Å². The number of rotatable bonds is 6. The van der Waals surface area contributed by atoms with E-state index in [1.54, 1.807) is 0 Å². The van der Waals surface area contributed by atoms with E-state index in [4.69, 9.17) is 0 Å². The van der Waals surface area contributed by atoms with Crippen LogP contribution in [0.4, 0.5) is 0 Å². The lowest BCUT2D eigenvalue weighted by atomic mass is 9.91. The molecule has 0 N–H and O–H groups in total. The molecule has 1 nitrogen and oxygen atoms in total. The van der Waals surface area contributed by atoms with Gasteiger partial charge in [0, 0.05) is 32.6 Å². The number of hydrogen-bond acceptors (Lipinski definition) is 2. The fraction of sp³-hybridized carbons (Fsp3) is 0.667. The quantitative estimate of drug-likeness (QED) is 0.662. The minimum Gasteiger partial charge on any atom is -0.295 e. The molecule has 1 heterocycles. The lowest BCUT2D eigenvalue weighted by Crippen LogP contribution is -2.40. The van der Waals surface area contributed by atoms with Crippen LogP contribution >= 0.6 is 43.2 Å². The maximum absolute atomic E-state index is 3.53. The highest BCUT2D eigenvalue weighted by atomic mass is 79.9. The second-order valence-corrected chi connectivity index (χ2v) is 7.03. The fourth-order valence-electron chi connectivity index (χ4n) is 2.04. The predicted molar refractivity (Wildman–Crippen MR) is 78.5 cm³/mol. The van der Waals surface area contributed by atoms with Crippen molar-refractivity contribution in [1.29, 1.82) is 0 Å². The summed E-state index contributed by atoms with van der Waals surface area (Å²) in [7, 11) is 0. The van der Waals surface area contributed by atoms with Gasteiger partial charge in [0.05, 0.1) is 0 Å². The Hall–Kier alpha value is 0.620. The minimum absolute atomic E-state index is 0.847. The third kappa shape index (κ3) is 3.56. The molecular weight excluding hydrogens is 350 g/mol. The summed E-state index contributed by atoms with van der Waals surface area (Å²) in [5.41, 5.74) is 0. The second-order valence-electron chi connectivity index (χ2n) is 4.33. The predicted octanol–water partition coefficient (Wildman–Crippen LogP) is 4.65. The monoisotopic (exact) mass is 365 g/mol. The molecule has 0 amide bonds. The molecule has 90 valence electrons. The van der Waals surface area contributed by atoms with Crippen LogP contribution < -0.4 is 0 Å². The van der Waals surface area contributed by atoms with E-state index in [1.165, 1.54) is 41.6 Å². The highest BCUT2D eigenvalue weighted by molar-refractivity contribution is 9.10. The van der Waals surface area contributed by atoms with Gasteiger partial charge in [0.1, 0.15) is 0 Å². The molecule has 0 radical (unpaired) electrons. The smallest absolute Gasteiger partial charge is 0.0331 e. The Kier molecular flexibility index (Phi) is 5.33. The minimum atomic E-state index is 0.847. The highest BCUT2D eigenvalue weighted by Crippen LogP contribution is 2.28. The van der Waals surface area contributed by atoms with Gasteiger partial charge in [-0.05, 0) is 47.8 Å². The Balaban J connectivity index is 1.90. The van der Waals surface area contributed by atoms with Gasteiger partial charge < -0.3 is 0 Å². The average molecular weight is 367 g/mol. The summed E-state index contributed by atoms with van der Waals surface area (Å²) in [6.07, 6.45) is 5.47. The molecule has 0 bridgehead atoms. The number of nitrogens with zero attached hydrogens (tertiary/aromatic N) is 1. The molecule has 0 spiro atoms. The summed E-state index contributed by atoms with van der Waals surface area (Å²) in [6, 6.07) is 3.10. The van der Waals surface area contributed by atoms with Crippen molar-refractivity contribution >= 4 is 43.2 Å². The zero-order valence-electron chi connectivity index (χ0n) is 9.29. The van der Waals surface area contributed by atoms with Crippen molar-refractivity contribution in [2.75, 3.05) is 11.9 Å². The normalized spacial score (nSPS) is 16.7. The maximum Gasteiger partial charge on any atom is 0.0331 e. The Morgan fingerprint density at radius 2 is 2.25 bits per heavy atom. The van der Waals surface area contributed by atoms with Gasteiger partial charge in [-0.1, -0.05) is 22.4 Å². The van der Waals surface area contributed by atoms with Gasteiger partial charge in [-0.15, -0.1) is 11.3 Å². The van der Waals surface area contributed by atoms with Crippen molar-refractivity contribution in [3.63, 3.8) is 0 Å². The standard InChI is InChI=1S/C12H17Br2NS/c13-5-2-6-15(11-3-1-4-11)8-12-7-10(14)9-16-12/h7,9,11H,1-6,8H2. The number of halogens is 2. The van der Waals surface area contributed by atoms with Crippen LogP contribution in [-0.2, 0) is 6.54 Å².